The highest BCUT2D eigenvalue weighted by Crippen LogP contribution is 2.20. The number of ether oxygens (including phenoxy) is 1. The number of carbonyl (C=O) groups excluding carboxylic acids is 1. The average molecular weight is 422 g/mol. The van der Waals surface area contributed by atoms with E-state index in [-0.39, 0.29) is 36.8 Å². The van der Waals surface area contributed by atoms with Crippen LogP contribution in [0.4, 0.5) is 4.39 Å². The van der Waals surface area contributed by atoms with Gasteiger partial charge in [-0.15, -0.1) is 16.8 Å². The Morgan fingerprint density at radius 1 is 1.19 bits per heavy atom. The summed E-state index contributed by atoms with van der Waals surface area (Å²) >= 11 is 0. The van der Waals surface area contributed by atoms with Gasteiger partial charge in [0, 0.05) is 24.9 Å². The van der Waals surface area contributed by atoms with Gasteiger partial charge in [-0.25, -0.2) is 4.39 Å². The fourth-order valence-corrected chi connectivity index (χ4v) is 2.77. The first-order chi connectivity index (χ1) is 15.0. The summed E-state index contributed by atoms with van der Waals surface area (Å²) in [6, 6.07) is 13.1. The molecule has 31 heavy (non-hydrogen) atoms. The first-order valence-electron chi connectivity index (χ1n) is 9.86. The lowest BCUT2D eigenvalue weighted by Gasteiger charge is -2.07. The Hall–Kier alpha value is -3.81. The molecular weight excluding hydrogens is 399 g/mol. The number of benzene rings is 2. The lowest BCUT2D eigenvalue weighted by atomic mass is 10.2. The number of carbonyl (C=O) groups is 1. The third-order valence-corrected chi connectivity index (χ3v) is 4.45. The molecule has 1 amide bonds. The minimum atomic E-state index is -0.394. The average Bonchev–Trinajstić information content (AvgIpc) is 2.78. The molecule has 0 aliphatic heterocycles. The van der Waals surface area contributed by atoms with Crippen molar-refractivity contribution in [3.63, 3.8) is 0 Å². The number of halogens is 1. The highest BCUT2D eigenvalue weighted by Gasteiger charge is 2.10. The molecule has 1 heterocycles. The summed E-state index contributed by atoms with van der Waals surface area (Å²) in [6.45, 7) is 4.45. The van der Waals surface area contributed by atoms with Crippen LogP contribution in [0.3, 0.4) is 0 Å². The van der Waals surface area contributed by atoms with Crippen molar-refractivity contribution in [2.75, 3.05) is 6.61 Å². The monoisotopic (exact) mass is 422 g/mol. The highest BCUT2D eigenvalue weighted by molar-refractivity contribution is 5.76. The molecule has 7 nitrogen and oxygen atoms in total. The van der Waals surface area contributed by atoms with Crippen LogP contribution in [-0.4, -0.2) is 27.7 Å². The van der Waals surface area contributed by atoms with Crippen LogP contribution in [-0.2, 0) is 17.8 Å². The van der Waals surface area contributed by atoms with Crippen LogP contribution >= 0.6 is 0 Å². The van der Waals surface area contributed by atoms with Crippen LogP contribution in [0.2, 0.25) is 0 Å². The zero-order chi connectivity index (χ0) is 22.1. The van der Waals surface area contributed by atoms with Gasteiger partial charge in [-0.2, -0.15) is 0 Å². The van der Waals surface area contributed by atoms with E-state index < -0.39 is 5.56 Å². The fraction of sp³-hybridized carbons (Fsp3) is 0.217. The van der Waals surface area contributed by atoms with E-state index in [1.165, 1.54) is 12.1 Å². The van der Waals surface area contributed by atoms with Crippen LogP contribution < -0.4 is 15.6 Å². The smallest absolute Gasteiger partial charge is 0.273 e. The minimum absolute atomic E-state index is 0.0882. The molecule has 0 fully saturated rings. The Kier molecular flexibility index (Phi) is 7.64. The van der Waals surface area contributed by atoms with Gasteiger partial charge in [-0.3, -0.25) is 9.59 Å². The second-order valence-corrected chi connectivity index (χ2v) is 6.81. The number of aromatic nitrogens is 3. The van der Waals surface area contributed by atoms with Crippen molar-refractivity contribution in [2.24, 2.45) is 0 Å². The number of H-pyrrole nitrogens is 1. The van der Waals surface area contributed by atoms with Gasteiger partial charge >= 0.3 is 0 Å². The molecule has 0 radical (unpaired) electrons. The molecule has 0 atom stereocenters. The molecule has 0 spiro atoms. The molecule has 0 unspecified atom stereocenters. The molecule has 0 saturated heterocycles. The van der Waals surface area contributed by atoms with Crippen molar-refractivity contribution in [1.82, 2.24) is 20.5 Å². The zero-order valence-corrected chi connectivity index (χ0v) is 16.9. The van der Waals surface area contributed by atoms with Crippen molar-refractivity contribution in [2.45, 2.75) is 25.8 Å². The molecule has 1 aromatic heterocycles. The van der Waals surface area contributed by atoms with Gasteiger partial charge in [-0.1, -0.05) is 30.3 Å². The maximum Gasteiger partial charge on any atom is 0.273 e. The predicted molar refractivity (Wildman–Crippen MR) is 115 cm³/mol. The van der Waals surface area contributed by atoms with E-state index in [0.29, 0.717) is 23.7 Å². The second kappa shape index (κ2) is 10.8. The molecule has 8 heteroatoms. The van der Waals surface area contributed by atoms with Crippen LogP contribution in [0.25, 0.3) is 11.4 Å². The summed E-state index contributed by atoms with van der Waals surface area (Å²) in [5.41, 5.74) is 1.24. The molecule has 2 N–H and O–H groups in total. The maximum atomic E-state index is 12.9. The summed E-state index contributed by atoms with van der Waals surface area (Å²) in [6.07, 6.45) is 2.75. The Balaban J connectivity index is 1.56. The second-order valence-electron chi connectivity index (χ2n) is 6.81. The molecule has 2 aromatic carbocycles. The summed E-state index contributed by atoms with van der Waals surface area (Å²) in [4.78, 5) is 27.1. The lowest BCUT2D eigenvalue weighted by Crippen LogP contribution is -2.25. The number of nitrogens with one attached hydrogen (secondary N) is 2. The van der Waals surface area contributed by atoms with Gasteiger partial charge in [0.1, 0.15) is 17.3 Å². The fourth-order valence-electron chi connectivity index (χ4n) is 2.77. The number of aromatic amines is 1. The van der Waals surface area contributed by atoms with Crippen LogP contribution in [0.15, 0.2) is 66.0 Å². The first-order valence-corrected chi connectivity index (χ1v) is 9.86. The number of hydrogen-bond donors (Lipinski definition) is 2. The normalized spacial score (nSPS) is 10.5. The Bertz CT molecular complexity index is 1100. The SMILES string of the molecule is C=CCCOc1cccc(-c2nnc(CCC(=O)NCc3ccc(F)cc3)c(=O)[nH]2)c1. The van der Waals surface area contributed by atoms with E-state index in [1.54, 1.807) is 36.4 Å². The summed E-state index contributed by atoms with van der Waals surface area (Å²) in [7, 11) is 0. The number of hydrogen-bond acceptors (Lipinski definition) is 5. The van der Waals surface area contributed by atoms with E-state index in [4.69, 9.17) is 4.74 Å². The molecule has 3 aromatic rings. The van der Waals surface area contributed by atoms with Gasteiger partial charge in [0.15, 0.2) is 5.82 Å². The summed E-state index contributed by atoms with van der Waals surface area (Å²) in [5.74, 6) is 0.412. The Labute approximate surface area is 179 Å². The van der Waals surface area contributed by atoms with Crippen molar-refractivity contribution < 1.29 is 13.9 Å². The minimum Gasteiger partial charge on any atom is -0.493 e. The zero-order valence-electron chi connectivity index (χ0n) is 16.9. The van der Waals surface area contributed by atoms with Gasteiger partial charge in [0.25, 0.3) is 5.56 Å². The molecule has 3 rings (SSSR count). The number of amides is 1. The van der Waals surface area contributed by atoms with E-state index >= 15 is 0 Å². The molecule has 0 aliphatic rings. The first kappa shape index (κ1) is 21.9. The number of aryl methyl sites for hydroxylation is 1. The topological polar surface area (TPSA) is 97.0 Å². The van der Waals surface area contributed by atoms with Crippen LogP contribution in [0.5, 0.6) is 5.75 Å². The Morgan fingerprint density at radius 2 is 2.00 bits per heavy atom. The molecular formula is C23H23FN4O3. The van der Waals surface area contributed by atoms with E-state index in [1.807, 2.05) is 6.07 Å². The van der Waals surface area contributed by atoms with Crippen LogP contribution in [0.1, 0.15) is 24.1 Å². The Morgan fingerprint density at radius 3 is 2.74 bits per heavy atom. The molecule has 160 valence electrons. The predicted octanol–water partition coefficient (Wildman–Crippen LogP) is 3.17. The molecule has 0 aliphatic carbocycles. The standard InChI is InChI=1S/C23H23FN4O3/c1-2-3-13-31-19-6-4-5-17(14-19)22-26-23(30)20(27-28-22)11-12-21(29)25-15-16-7-9-18(24)10-8-16/h2,4-10,14H,1,3,11-13,15H2,(H,25,29)(H,26,28,30). The van der Waals surface area contributed by atoms with Crippen molar-refractivity contribution in [3.05, 3.63) is 88.6 Å². The third-order valence-electron chi connectivity index (χ3n) is 4.45. The highest BCUT2D eigenvalue weighted by atomic mass is 19.1. The van der Waals surface area contributed by atoms with Crippen molar-refractivity contribution in [1.29, 1.82) is 0 Å². The van der Waals surface area contributed by atoms with E-state index in [9.17, 15) is 14.0 Å². The van der Waals surface area contributed by atoms with Crippen molar-refractivity contribution >= 4 is 5.91 Å². The largest absolute Gasteiger partial charge is 0.493 e. The van der Waals surface area contributed by atoms with Crippen LogP contribution in [0, 0.1) is 5.82 Å². The van der Waals surface area contributed by atoms with E-state index in [2.05, 4.69) is 27.1 Å². The van der Waals surface area contributed by atoms with Gasteiger partial charge < -0.3 is 15.0 Å². The number of rotatable bonds is 10. The van der Waals surface area contributed by atoms with E-state index in [0.717, 1.165) is 12.0 Å². The maximum absolute atomic E-state index is 12.9. The summed E-state index contributed by atoms with van der Waals surface area (Å²) in [5, 5.41) is 10.8. The van der Waals surface area contributed by atoms with Gasteiger partial charge in [0.2, 0.25) is 5.91 Å². The molecule has 0 saturated carbocycles. The summed E-state index contributed by atoms with van der Waals surface area (Å²) < 4.78 is 18.5. The van der Waals surface area contributed by atoms with Gasteiger partial charge in [-0.05, 0) is 36.2 Å². The van der Waals surface area contributed by atoms with Gasteiger partial charge in [0.05, 0.1) is 6.61 Å². The number of nitrogens with zero attached hydrogens (tertiary/aromatic N) is 2. The van der Waals surface area contributed by atoms with Crippen molar-refractivity contribution in [3.8, 4) is 17.1 Å². The lowest BCUT2D eigenvalue weighted by molar-refractivity contribution is -0.121. The third kappa shape index (κ3) is 6.60. The quantitative estimate of drug-likeness (QED) is 0.386. The molecule has 0 bridgehead atoms.